The van der Waals surface area contributed by atoms with E-state index in [9.17, 15) is 14.3 Å². The summed E-state index contributed by atoms with van der Waals surface area (Å²) in [6.45, 7) is 0. The van der Waals surface area contributed by atoms with Gasteiger partial charge in [-0.25, -0.2) is 4.39 Å². The van der Waals surface area contributed by atoms with Gasteiger partial charge >= 0.3 is 5.97 Å². The number of aromatic hydroxyl groups is 1. The molecule has 5 nitrogen and oxygen atoms in total. The van der Waals surface area contributed by atoms with Gasteiger partial charge in [-0.1, -0.05) is 0 Å². The van der Waals surface area contributed by atoms with Crippen LogP contribution >= 0.6 is 0 Å². The molecule has 82 valence electrons. The van der Waals surface area contributed by atoms with Crippen molar-refractivity contribution >= 4 is 5.97 Å². The molecule has 0 radical (unpaired) electrons. The molecule has 1 rings (SSSR count). The lowest BCUT2D eigenvalue weighted by Gasteiger charge is -2.10. The van der Waals surface area contributed by atoms with Gasteiger partial charge in [0.15, 0.2) is 17.3 Å². The molecule has 0 aliphatic carbocycles. The zero-order chi connectivity index (χ0) is 11.6. The van der Waals surface area contributed by atoms with E-state index in [1.54, 1.807) is 0 Å². The average molecular weight is 215 g/mol. The maximum atomic E-state index is 13.2. The van der Waals surface area contributed by atoms with E-state index in [1.807, 2.05) is 0 Å². The Balaban J connectivity index is 3.19. The van der Waals surface area contributed by atoms with Gasteiger partial charge < -0.3 is 20.7 Å². The molecule has 0 fully saturated rings. The Kier molecular flexibility index (Phi) is 3.11. The Morgan fingerprint density at radius 3 is 2.60 bits per heavy atom. The number of carboxylic acids is 1. The highest BCUT2D eigenvalue weighted by atomic mass is 19.1. The number of aliphatic carboxylic acids is 1. The summed E-state index contributed by atoms with van der Waals surface area (Å²) in [6.07, 6.45) is 0. The number of phenols is 1. The molecule has 0 aliphatic rings. The third kappa shape index (κ3) is 2.16. The van der Waals surface area contributed by atoms with Crippen LogP contribution in [0.4, 0.5) is 4.39 Å². The third-order valence-electron chi connectivity index (χ3n) is 1.88. The number of phenolic OH excluding ortho intramolecular Hbond substituents is 1. The summed E-state index contributed by atoms with van der Waals surface area (Å²) in [5.41, 5.74) is 5.22. The number of benzene rings is 1. The van der Waals surface area contributed by atoms with Gasteiger partial charge in [-0.2, -0.15) is 0 Å². The first-order valence-electron chi connectivity index (χ1n) is 4.02. The number of rotatable bonds is 3. The van der Waals surface area contributed by atoms with E-state index in [0.717, 1.165) is 12.1 Å². The van der Waals surface area contributed by atoms with Crippen LogP contribution in [-0.2, 0) is 4.79 Å². The normalized spacial score (nSPS) is 12.2. The molecule has 0 heterocycles. The summed E-state index contributed by atoms with van der Waals surface area (Å²) in [5, 5.41) is 17.9. The van der Waals surface area contributed by atoms with Gasteiger partial charge in [-0.15, -0.1) is 0 Å². The van der Waals surface area contributed by atoms with Gasteiger partial charge in [0.2, 0.25) is 0 Å². The number of halogens is 1. The van der Waals surface area contributed by atoms with Crippen LogP contribution in [0, 0.1) is 5.82 Å². The zero-order valence-electron chi connectivity index (χ0n) is 7.90. The first-order chi connectivity index (χ1) is 6.97. The van der Waals surface area contributed by atoms with Crippen LogP contribution < -0.4 is 10.5 Å². The molecule has 15 heavy (non-hydrogen) atoms. The van der Waals surface area contributed by atoms with Crippen LogP contribution in [0.5, 0.6) is 11.5 Å². The maximum Gasteiger partial charge on any atom is 0.325 e. The van der Waals surface area contributed by atoms with Gasteiger partial charge in [-0.05, 0) is 17.7 Å². The van der Waals surface area contributed by atoms with E-state index in [1.165, 1.54) is 7.11 Å². The SMILES string of the molecule is COc1c(O)cc(C(N)C(=O)O)cc1F. The summed E-state index contributed by atoms with van der Waals surface area (Å²) in [5.74, 6) is -2.98. The fourth-order valence-electron chi connectivity index (χ4n) is 1.12. The topological polar surface area (TPSA) is 92.8 Å². The summed E-state index contributed by atoms with van der Waals surface area (Å²) in [7, 11) is 1.19. The quantitative estimate of drug-likeness (QED) is 0.687. The molecule has 1 aromatic carbocycles. The Morgan fingerprint density at radius 1 is 1.60 bits per heavy atom. The largest absolute Gasteiger partial charge is 0.504 e. The molecule has 0 saturated heterocycles. The van der Waals surface area contributed by atoms with Crippen molar-refractivity contribution in [3.05, 3.63) is 23.5 Å². The van der Waals surface area contributed by atoms with Crippen LogP contribution in [0.2, 0.25) is 0 Å². The molecule has 0 aliphatic heterocycles. The highest BCUT2D eigenvalue weighted by Gasteiger charge is 2.19. The predicted octanol–water partition coefficient (Wildman–Crippen LogP) is 0.624. The van der Waals surface area contributed by atoms with Crippen LogP contribution in [-0.4, -0.2) is 23.3 Å². The first-order valence-corrected chi connectivity index (χ1v) is 4.02. The smallest absolute Gasteiger partial charge is 0.325 e. The molecular weight excluding hydrogens is 205 g/mol. The molecule has 0 saturated carbocycles. The van der Waals surface area contributed by atoms with Crippen molar-refractivity contribution in [3.63, 3.8) is 0 Å². The Bertz CT molecular complexity index is 371. The number of methoxy groups -OCH3 is 1. The molecule has 6 heteroatoms. The monoisotopic (exact) mass is 215 g/mol. The molecule has 1 unspecified atom stereocenters. The lowest BCUT2D eigenvalue weighted by Crippen LogP contribution is -2.20. The number of carboxylic acid groups (broad SMARTS) is 1. The van der Waals surface area contributed by atoms with E-state index in [0.29, 0.717) is 0 Å². The second-order valence-electron chi connectivity index (χ2n) is 2.87. The van der Waals surface area contributed by atoms with Crippen LogP contribution in [0.25, 0.3) is 0 Å². The average Bonchev–Trinajstić information content (AvgIpc) is 2.15. The zero-order valence-corrected chi connectivity index (χ0v) is 7.90. The predicted molar refractivity (Wildman–Crippen MR) is 49.2 cm³/mol. The summed E-state index contributed by atoms with van der Waals surface area (Å²) in [6, 6.07) is 0.592. The van der Waals surface area contributed by atoms with E-state index in [-0.39, 0.29) is 11.3 Å². The van der Waals surface area contributed by atoms with E-state index in [2.05, 4.69) is 4.74 Å². The van der Waals surface area contributed by atoms with Crippen molar-refractivity contribution in [2.24, 2.45) is 5.73 Å². The number of ether oxygens (including phenoxy) is 1. The Morgan fingerprint density at radius 2 is 2.20 bits per heavy atom. The highest BCUT2D eigenvalue weighted by Crippen LogP contribution is 2.31. The summed E-state index contributed by atoms with van der Waals surface area (Å²) < 4.78 is 17.8. The molecular formula is C9H10FNO4. The van der Waals surface area contributed by atoms with Crippen molar-refractivity contribution in [1.82, 2.24) is 0 Å². The van der Waals surface area contributed by atoms with E-state index < -0.39 is 23.6 Å². The summed E-state index contributed by atoms with van der Waals surface area (Å²) >= 11 is 0. The minimum absolute atomic E-state index is 0.0294. The lowest BCUT2D eigenvalue weighted by molar-refractivity contribution is -0.138. The molecule has 4 N–H and O–H groups in total. The minimum atomic E-state index is -1.38. The highest BCUT2D eigenvalue weighted by molar-refractivity contribution is 5.75. The number of hydrogen-bond acceptors (Lipinski definition) is 4. The van der Waals surface area contributed by atoms with E-state index in [4.69, 9.17) is 10.8 Å². The van der Waals surface area contributed by atoms with Crippen molar-refractivity contribution < 1.29 is 24.1 Å². The third-order valence-corrected chi connectivity index (χ3v) is 1.88. The van der Waals surface area contributed by atoms with Crippen LogP contribution in [0.1, 0.15) is 11.6 Å². The fourth-order valence-corrected chi connectivity index (χ4v) is 1.12. The maximum absolute atomic E-state index is 13.2. The Hall–Kier alpha value is -1.82. The molecule has 1 aromatic rings. The Labute approximate surface area is 84.9 Å². The van der Waals surface area contributed by atoms with Crippen LogP contribution in [0.3, 0.4) is 0 Å². The van der Waals surface area contributed by atoms with Crippen molar-refractivity contribution in [1.29, 1.82) is 0 Å². The van der Waals surface area contributed by atoms with Gasteiger partial charge in [0.25, 0.3) is 0 Å². The van der Waals surface area contributed by atoms with Gasteiger partial charge in [0.1, 0.15) is 6.04 Å². The fraction of sp³-hybridized carbons (Fsp3) is 0.222. The van der Waals surface area contributed by atoms with Crippen molar-refractivity contribution in [2.75, 3.05) is 7.11 Å². The number of carbonyl (C=O) groups is 1. The molecule has 0 bridgehead atoms. The van der Waals surface area contributed by atoms with Crippen LogP contribution in [0.15, 0.2) is 12.1 Å². The van der Waals surface area contributed by atoms with Crippen molar-refractivity contribution in [3.8, 4) is 11.5 Å². The second-order valence-corrected chi connectivity index (χ2v) is 2.87. The second kappa shape index (κ2) is 4.14. The number of nitrogens with two attached hydrogens (primary N) is 1. The van der Waals surface area contributed by atoms with Gasteiger partial charge in [-0.3, -0.25) is 4.79 Å². The van der Waals surface area contributed by atoms with Gasteiger partial charge in [0.05, 0.1) is 7.11 Å². The molecule has 0 amide bonds. The minimum Gasteiger partial charge on any atom is -0.504 e. The summed E-state index contributed by atoms with van der Waals surface area (Å²) in [4.78, 5) is 10.5. The van der Waals surface area contributed by atoms with E-state index >= 15 is 0 Å². The molecule has 0 spiro atoms. The van der Waals surface area contributed by atoms with Crippen molar-refractivity contribution in [2.45, 2.75) is 6.04 Å². The van der Waals surface area contributed by atoms with Gasteiger partial charge in [0, 0.05) is 0 Å². The standard InChI is InChI=1S/C9H10FNO4/c1-15-8-5(10)2-4(3-6(8)12)7(11)9(13)14/h2-3,7,12H,11H2,1H3,(H,13,14). The molecule has 0 aromatic heterocycles. The molecule has 1 atom stereocenters. The number of hydrogen-bond donors (Lipinski definition) is 3. The first kappa shape index (κ1) is 11.3. The lowest BCUT2D eigenvalue weighted by atomic mass is 10.1.